The SMILES string of the molecule is Cc1cc(Br)cc(C(NN)c2cc(F)ccc2Cl)c1. The molecule has 3 N–H and O–H groups in total. The fourth-order valence-corrected chi connectivity index (χ4v) is 2.88. The van der Waals surface area contributed by atoms with Gasteiger partial charge in [0, 0.05) is 9.50 Å². The number of aryl methyl sites for hydroxylation is 1. The quantitative estimate of drug-likeness (QED) is 0.650. The molecule has 0 heterocycles. The number of nitrogens with one attached hydrogen (secondary N) is 1. The lowest BCUT2D eigenvalue weighted by Gasteiger charge is -2.19. The second-order valence-electron chi connectivity index (χ2n) is 4.33. The third kappa shape index (κ3) is 3.34. The maximum atomic E-state index is 13.4. The van der Waals surface area contributed by atoms with E-state index in [4.69, 9.17) is 17.4 Å². The lowest BCUT2D eigenvalue weighted by molar-refractivity contribution is 0.605. The first-order valence-electron chi connectivity index (χ1n) is 5.69. The van der Waals surface area contributed by atoms with E-state index in [0.29, 0.717) is 10.6 Å². The molecule has 0 spiro atoms. The molecular formula is C14H13BrClFN2. The fourth-order valence-electron chi connectivity index (χ4n) is 2.03. The lowest BCUT2D eigenvalue weighted by Crippen LogP contribution is -2.29. The summed E-state index contributed by atoms with van der Waals surface area (Å²) in [5, 5.41) is 0.474. The highest BCUT2D eigenvalue weighted by atomic mass is 79.9. The highest BCUT2D eigenvalue weighted by Crippen LogP contribution is 2.30. The van der Waals surface area contributed by atoms with Gasteiger partial charge in [-0.1, -0.05) is 33.6 Å². The number of halogens is 3. The molecule has 0 saturated carbocycles. The van der Waals surface area contributed by atoms with Crippen molar-refractivity contribution in [3.05, 3.63) is 68.4 Å². The van der Waals surface area contributed by atoms with Crippen LogP contribution in [0, 0.1) is 12.7 Å². The number of benzene rings is 2. The Morgan fingerprint density at radius 2 is 2.00 bits per heavy atom. The van der Waals surface area contributed by atoms with E-state index < -0.39 is 0 Å². The molecular weight excluding hydrogens is 331 g/mol. The van der Waals surface area contributed by atoms with E-state index in [-0.39, 0.29) is 11.9 Å². The molecule has 19 heavy (non-hydrogen) atoms. The molecule has 0 saturated heterocycles. The summed E-state index contributed by atoms with van der Waals surface area (Å²) in [5.41, 5.74) is 5.30. The first kappa shape index (κ1) is 14.5. The highest BCUT2D eigenvalue weighted by molar-refractivity contribution is 9.10. The van der Waals surface area contributed by atoms with Gasteiger partial charge in [0.25, 0.3) is 0 Å². The average Bonchev–Trinajstić information content (AvgIpc) is 2.33. The minimum Gasteiger partial charge on any atom is -0.271 e. The molecule has 2 nitrogen and oxygen atoms in total. The highest BCUT2D eigenvalue weighted by Gasteiger charge is 2.17. The predicted molar refractivity (Wildman–Crippen MR) is 79.5 cm³/mol. The summed E-state index contributed by atoms with van der Waals surface area (Å²) < 4.78 is 14.3. The number of nitrogens with two attached hydrogens (primary N) is 1. The van der Waals surface area contributed by atoms with Gasteiger partial charge in [-0.3, -0.25) is 5.84 Å². The van der Waals surface area contributed by atoms with E-state index in [1.807, 2.05) is 25.1 Å². The molecule has 0 aliphatic carbocycles. The van der Waals surface area contributed by atoms with Crippen molar-refractivity contribution in [3.8, 4) is 0 Å². The maximum Gasteiger partial charge on any atom is 0.123 e. The Hall–Kier alpha value is -0.940. The maximum absolute atomic E-state index is 13.4. The molecule has 0 fully saturated rings. The van der Waals surface area contributed by atoms with Crippen molar-refractivity contribution in [1.82, 2.24) is 5.43 Å². The van der Waals surface area contributed by atoms with Crippen molar-refractivity contribution in [2.24, 2.45) is 5.84 Å². The molecule has 2 aromatic rings. The molecule has 0 aliphatic heterocycles. The summed E-state index contributed by atoms with van der Waals surface area (Å²) in [6.07, 6.45) is 0. The minimum absolute atomic E-state index is 0.341. The third-order valence-electron chi connectivity index (χ3n) is 2.83. The van der Waals surface area contributed by atoms with E-state index in [1.165, 1.54) is 18.2 Å². The molecule has 0 aliphatic rings. The monoisotopic (exact) mass is 342 g/mol. The second kappa shape index (κ2) is 6.01. The third-order valence-corrected chi connectivity index (χ3v) is 3.64. The summed E-state index contributed by atoms with van der Waals surface area (Å²) in [6, 6.07) is 9.79. The molecule has 100 valence electrons. The van der Waals surface area contributed by atoms with Gasteiger partial charge in [0.05, 0.1) is 6.04 Å². The first-order valence-corrected chi connectivity index (χ1v) is 6.86. The molecule has 0 radical (unpaired) electrons. The van der Waals surface area contributed by atoms with Gasteiger partial charge in [-0.15, -0.1) is 0 Å². The zero-order valence-corrected chi connectivity index (χ0v) is 12.6. The summed E-state index contributed by atoms with van der Waals surface area (Å²) in [4.78, 5) is 0. The number of hydrogen-bond donors (Lipinski definition) is 2. The van der Waals surface area contributed by atoms with Crippen LogP contribution in [0.3, 0.4) is 0 Å². The molecule has 1 atom stereocenters. The molecule has 0 bridgehead atoms. The summed E-state index contributed by atoms with van der Waals surface area (Å²) in [5.74, 6) is 5.27. The second-order valence-corrected chi connectivity index (χ2v) is 5.65. The predicted octanol–water partition coefficient (Wildman–Crippen LogP) is 4.10. The van der Waals surface area contributed by atoms with E-state index >= 15 is 0 Å². The van der Waals surface area contributed by atoms with E-state index in [1.54, 1.807) is 0 Å². The number of hydrazine groups is 1. The van der Waals surface area contributed by atoms with Gasteiger partial charge >= 0.3 is 0 Å². The average molecular weight is 344 g/mol. The van der Waals surface area contributed by atoms with Gasteiger partial charge in [-0.2, -0.15) is 0 Å². The van der Waals surface area contributed by atoms with Crippen LogP contribution in [0.5, 0.6) is 0 Å². The van der Waals surface area contributed by atoms with Crippen molar-refractivity contribution in [2.75, 3.05) is 0 Å². The standard InChI is InChI=1S/C14H13BrClFN2/c1-8-4-9(6-10(15)5-8)14(19-18)12-7-11(17)2-3-13(12)16/h2-7,14,19H,18H2,1H3. The van der Waals surface area contributed by atoms with Gasteiger partial charge in [0.2, 0.25) is 0 Å². The van der Waals surface area contributed by atoms with Crippen molar-refractivity contribution in [3.63, 3.8) is 0 Å². The van der Waals surface area contributed by atoms with E-state index in [9.17, 15) is 4.39 Å². The Balaban J connectivity index is 2.52. The summed E-state index contributed by atoms with van der Waals surface area (Å²) in [7, 11) is 0. The topological polar surface area (TPSA) is 38.0 Å². The molecule has 0 amide bonds. The Morgan fingerprint density at radius 3 is 2.63 bits per heavy atom. The zero-order chi connectivity index (χ0) is 14.0. The van der Waals surface area contributed by atoms with Crippen LogP contribution in [0.15, 0.2) is 40.9 Å². The molecule has 2 aromatic carbocycles. The van der Waals surface area contributed by atoms with Gasteiger partial charge in [0.1, 0.15) is 5.82 Å². The van der Waals surface area contributed by atoms with Crippen LogP contribution in [0.1, 0.15) is 22.7 Å². The molecule has 1 unspecified atom stereocenters. The summed E-state index contributed by atoms with van der Waals surface area (Å²) in [6.45, 7) is 1.98. The van der Waals surface area contributed by atoms with Gasteiger partial charge < -0.3 is 0 Å². The van der Waals surface area contributed by atoms with Crippen molar-refractivity contribution in [2.45, 2.75) is 13.0 Å². The van der Waals surface area contributed by atoms with Crippen molar-refractivity contribution in [1.29, 1.82) is 0 Å². The molecule has 2 rings (SSSR count). The Labute approximate surface area is 124 Å². The van der Waals surface area contributed by atoms with Crippen LogP contribution in [-0.2, 0) is 0 Å². The van der Waals surface area contributed by atoms with Crippen LogP contribution in [-0.4, -0.2) is 0 Å². The number of hydrogen-bond acceptors (Lipinski definition) is 2. The van der Waals surface area contributed by atoms with Crippen molar-refractivity contribution < 1.29 is 4.39 Å². The van der Waals surface area contributed by atoms with Gasteiger partial charge in [0.15, 0.2) is 0 Å². The normalized spacial score (nSPS) is 12.5. The Bertz CT molecular complexity index is 584. The van der Waals surface area contributed by atoms with Crippen molar-refractivity contribution >= 4 is 27.5 Å². The number of rotatable bonds is 3. The Kier molecular flexibility index (Phi) is 4.58. The minimum atomic E-state index is -0.362. The van der Waals surface area contributed by atoms with Crippen LogP contribution < -0.4 is 11.3 Å². The summed E-state index contributed by atoms with van der Waals surface area (Å²) >= 11 is 9.57. The van der Waals surface area contributed by atoms with Crippen LogP contribution in [0.4, 0.5) is 4.39 Å². The lowest BCUT2D eigenvalue weighted by atomic mass is 9.98. The fraction of sp³-hybridized carbons (Fsp3) is 0.143. The smallest absolute Gasteiger partial charge is 0.123 e. The van der Waals surface area contributed by atoms with Gasteiger partial charge in [-0.25, -0.2) is 9.82 Å². The first-order chi connectivity index (χ1) is 9.01. The molecule has 0 aromatic heterocycles. The largest absolute Gasteiger partial charge is 0.271 e. The van der Waals surface area contributed by atoms with Crippen LogP contribution in [0.2, 0.25) is 5.02 Å². The molecule has 5 heteroatoms. The van der Waals surface area contributed by atoms with Crippen LogP contribution >= 0.6 is 27.5 Å². The van der Waals surface area contributed by atoms with Crippen LogP contribution in [0.25, 0.3) is 0 Å². The van der Waals surface area contributed by atoms with E-state index in [2.05, 4.69) is 21.4 Å². The van der Waals surface area contributed by atoms with E-state index in [0.717, 1.165) is 15.6 Å². The zero-order valence-electron chi connectivity index (χ0n) is 10.3. The Morgan fingerprint density at radius 1 is 1.26 bits per heavy atom. The van der Waals surface area contributed by atoms with Gasteiger partial charge in [-0.05, 0) is 53.9 Å².